The van der Waals surface area contributed by atoms with Crippen LogP contribution in [0.1, 0.15) is 39.8 Å². The lowest BCUT2D eigenvalue weighted by Crippen LogP contribution is -2.28. The molecule has 19 heavy (non-hydrogen) atoms. The number of nitrogens with zero attached hydrogens (tertiary/aromatic N) is 2. The van der Waals surface area contributed by atoms with Gasteiger partial charge < -0.3 is 10.4 Å². The van der Waals surface area contributed by atoms with Crippen LogP contribution in [-0.4, -0.2) is 28.0 Å². The summed E-state index contributed by atoms with van der Waals surface area (Å²) in [7, 11) is 0. The number of anilines is 1. The van der Waals surface area contributed by atoms with Crippen molar-refractivity contribution >= 4 is 5.82 Å². The van der Waals surface area contributed by atoms with Gasteiger partial charge in [0.05, 0.1) is 5.69 Å². The molecule has 0 amide bonds. The molecular weight excluding hydrogens is 238 g/mol. The number of nitrogens with one attached hydrogen (secondary N) is 1. The molecule has 0 radical (unpaired) electrons. The Morgan fingerprint density at radius 1 is 1.53 bits per heavy atom. The van der Waals surface area contributed by atoms with Crippen molar-refractivity contribution in [3.8, 4) is 0 Å². The summed E-state index contributed by atoms with van der Waals surface area (Å²) in [6.45, 7) is 11.3. The predicted molar refractivity (Wildman–Crippen MR) is 78.2 cm³/mol. The van der Waals surface area contributed by atoms with Gasteiger partial charge in [-0.1, -0.05) is 27.7 Å². The van der Waals surface area contributed by atoms with Gasteiger partial charge in [0, 0.05) is 25.8 Å². The van der Waals surface area contributed by atoms with Crippen LogP contribution in [0.5, 0.6) is 0 Å². The molecule has 0 aromatic carbocycles. The summed E-state index contributed by atoms with van der Waals surface area (Å²) in [5.41, 5.74) is 1.49. The van der Waals surface area contributed by atoms with E-state index < -0.39 is 0 Å². The fraction of sp³-hybridized carbons (Fsp3) is 0.800. The summed E-state index contributed by atoms with van der Waals surface area (Å²) in [5, 5.41) is 17.2. The van der Waals surface area contributed by atoms with E-state index in [0.29, 0.717) is 17.3 Å². The third-order valence-electron chi connectivity index (χ3n) is 4.36. The number of rotatable bonds is 4. The fourth-order valence-electron chi connectivity index (χ4n) is 2.41. The summed E-state index contributed by atoms with van der Waals surface area (Å²) in [4.78, 5) is 0. The quantitative estimate of drug-likeness (QED) is 0.879. The van der Waals surface area contributed by atoms with Gasteiger partial charge in [-0.25, -0.2) is 4.68 Å². The van der Waals surface area contributed by atoms with E-state index >= 15 is 0 Å². The van der Waals surface area contributed by atoms with Crippen molar-refractivity contribution < 1.29 is 5.11 Å². The lowest BCUT2D eigenvalue weighted by molar-refractivity contribution is 0.243. The first kappa shape index (κ1) is 14.4. The van der Waals surface area contributed by atoms with E-state index in [1.807, 2.05) is 0 Å². The van der Waals surface area contributed by atoms with Crippen LogP contribution < -0.4 is 5.32 Å². The molecule has 1 aromatic heterocycles. The number of aliphatic hydroxyl groups excluding tert-OH is 1. The molecule has 2 rings (SSSR count). The molecule has 2 atom stereocenters. The highest BCUT2D eigenvalue weighted by Gasteiger charge is 2.24. The monoisotopic (exact) mass is 265 g/mol. The van der Waals surface area contributed by atoms with Crippen molar-refractivity contribution in [1.29, 1.82) is 0 Å². The number of aromatic nitrogens is 2. The van der Waals surface area contributed by atoms with Gasteiger partial charge in [-0.2, -0.15) is 5.10 Å². The van der Waals surface area contributed by atoms with Gasteiger partial charge in [-0.05, 0) is 30.1 Å². The molecule has 108 valence electrons. The minimum absolute atomic E-state index is 0.261. The largest absolute Gasteiger partial charge is 0.396 e. The van der Waals surface area contributed by atoms with Crippen LogP contribution in [0, 0.1) is 17.3 Å². The van der Waals surface area contributed by atoms with Crippen molar-refractivity contribution in [2.45, 2.75) is 47.1 Å². The number of hydrogen-bond donors (Lipinski definition) is 2. The highest BCUT2D eigenvalue weighted by molar-refractivity contribution is 5.38. The van der Waals surface area contributed by atoms with E-state index in [9.17, 15) is 0 Å². The van der Waals surface area contributed by atoms with Gasteiger partial charge in [0.15, 0.2) is 0 Å². The molecule has 1 aromatic rings. The second-order valence-electron chi connectivity index (χ2n) is 6.93. The van der Waals surface area contributed by atoms with E-state index in [1.54, 1.807) is 0 Å². The smallest absolute Gasteiger partial charge is 0.124 e. The topological polar surface area (TPSA) is 50.1 Å². The molecule has 2 heterocycles. The fourth-order valence-corrected chi connectivity index (χ4v) is 2.41. The molecule has 0 saturated carbocycles. The van der Waals surface area contributed by atoms with Crippen LogP contribution in [0.3, 0.4) is 0 Å². The summed E-state index contributed by atoms with van der Waals surface area (Å²) in [5.74, 6) is 2.23. The highest BCUT2D eigenvalue weighted by atomic mass is 16.3. The second-order valence-corrected chi connectivity index (χ2v) is 6.93. The van der Waals surface area contributed by atoms with Crippen LogP contribution in [-0.2, 0) is 13.0 Å². The van der Waals surface area contributed by atoms with Crippen molar-refractivity contribution in [2.24, 2.45) is 17.3 Å². The van der Waals surface area contributed by atoms with E-state index in [2.05, 4.69) is 43.8 Å². The maximum absolute atomic E-state index is 9.02. The Hall–Kier alpha value is -1.03. The highest BCUT2D eigenvalue weighted by Crippen LogP contribution is 2.29. The predicted octanol–water partition coefficient (Wildman–Crippen LogP) is 2.53. The van der Waals surface area contributed by atoms with E-state index in [-0.39, 0.29) is 6.61 Å². The van der Waals surface area contributed by atoms with Crippen molar-refractivity contribution in [3.63, 3.8) is 0 Å². The van der Waals surface area contributed by atoms with Crippen molar-refractivity contribution in [1.82, 2.24) is 9.78 Å². The normalized spacial score (nSPS) is 20.8. The maximum atomic E-state index is 9.02. The molecule has 1 aliphatic rings. The third-order valence-corrected chi connectivity index (χ3v) is 4.36. The van der Waals surface area contributed by atoms with Gasteiger partial charge >= 0.3 is 0 Å². The minimum atomic E-state index is 0.261. The number of aliphatic hydroxyl groups is 1. The average Bonchev–Trinajstić information content (AvgIpc) is 2.69. The molecular formula is C15H27N3O. The van der Waals surface area contributed by atoms with Crippen LogP contribution in [0.2, 0.25) is 0 Å². The first-order chi connectivity index (χ1) is 8.90. The van der Waals surface area contributed by atoms with Gasteiger partial charge in [-0.15, -0.1) is 0 Å². The average molecular weight is 265 g/mol. The Balaban J connectivity index is 2.03. The van der Waals surface area contributed by atoms with E-state index in [0.717, 1.165) is 31.7 Å². The first-order valence-electron chi connectivity index (χ1n) is 7.31. The second kappa shape index (κ2) is 5.53. The van der Waals surface area contributed by atoms with Gasteiger partial charge in [0.1, 0.15) is 5.82 Å². The van der Waals surface area contributed by atoms with Crippen molar-refractivity contribution in [2.75, 3.05) is 18.5 Å². The van der Waals surface area contributed by atoms with Gasteiger partial charge in [-0.3, -0.25) is 0 Å². The number of hydrogen-bond acceptors (Lipinski definition) is 3. The van der Waals surface area contributed by atoms with Crippen LogP contribution >= 0.6 is 0 Å². The molecule has 2 unspecified atom stereocenters. The molecule has 4 heteroatoms. The van der Waals surface area contributed by atoms with E-state index in [1.165, 1.54) is 5.69 Å². The van der Waals surface area contributed by atoms with Crippen molar-refractivity contribution in [3.05, 3.63) is 11.8 Å². The minimum Gasteiger partial charge on any atom is -0.396 e. The maximum Gasteiger partial charge on any atom is 0.124 e. The molecule has 0 spiro atoms. The Morgan fingerprint density at radius 3 is 2.89 bits per heavy atom. The molecule has 1 aliphatic heterocycles. The first-order valence-corrected chi connectivity index (χ1v) is 7.31. The zero-order chi connectivity index (χ0) is 14.0. The lowest BCUT2D eigenvalue weighted by Gasteiger charge is -2.26. The van der Waals surface area contributed by atoms with Crippen LogP contribution in [0.15, 0.2) is 6.07 Å². The zero-order valence-electron chi connectivity index (χ0n) is 12.6. The number of fused-ring (bicyclic) bond motifs is 1. The summed E-state index contributed by atoms with van der Waals surface area (Å²) >= 11 is 0. The summed E-state index contributed by atoms with van der Waals surface area (Å²) in [6, 6.07) is 2.18. The Morgan fingerprint density at radius 2 is 2.26 bits per heavy atom. The zero-order valence-corrected chi connectivity index (χ0v) is 12.6. The molecule has 2 N–H and O–H groups in total. The molecule has 0 fully saturated rings. The van der Waals surface area contributed by atoms with E-state index in [4.69, 9.17) is 10.2 Å². The lowest BCUT2D eigenvalue weighted by atomic mass is 9.79. The Kier molecular flexibility index (Phi) is 4.19. The Bertz CT molecular complexity index is 420. The standard InChI is InChI=1S/C15H27N3O/c1-11(15(2,3)4)7-13-8-14-16-9-12(5-6-19)10-18(14)17-13/h8,11-12,16,19H,5-7,9-10H2,1-4H3. The van der Waals surface area contributed by atoms with Gasteiger partial charge in [0.25, 0.3) is 0 Å². The Labute approximate surface area is 116 Å². The third kappa shape index (κ3) is 3.50. The molecule has 0 bridgehead atoms. The SMILES string of the molecule is CC(Cc1cc2n(n1)CC(CCO)CN2)C(C)(C)C. The van der Waals surface area contributed by atoms with Crippen LogP contribution in [0.4, 0.5) is 5.82 Å². The molecule has 0 aliphatic carbocycles. The van der Waals surface area contributed by atoms with Crippen LogP contribution in [0.25, 0.3) is 0 Å². The molecule has 0 saturated heterocycles. The summed E-state index contributed by atoms with van der Waals surface area (Å²) < 4.78 is 2.06. The molecule has 4 nitrogen and oxygen atoms in total. The van der Waals surface area contributed by atoms with Gasteiger partial charge in [0.2, 0.25) is 0 Å². The summed E-state index contributed by atoms with van der Waals surface area (Å²) in [6.07, 6.45) is 1.87.